The van der Waals surface area contributed by atoms with Crippen LogP contribution in [-0.2, 0) is 0 Å². The highest BCUT2D eigenvalue weighted by Crippen LogP contribution is 2.34. The Morgan fingerprint density at radius 2 is 1.48 bits per heavy atom. The number of ether oxygens (including phenoxy) is 1. The fraction of sp³-hybridized carbons (Fsp3) is 0.208. The number of hydrogen-bond acceptors (Lipinski definition) is 5. The highest BCUT2D eigenvalue weighted by molar-refractivity contribution is 5.85. The van der Waals surface area contributed by atoms with Crippen molar-refractivity contribution < 1.29 is 9.15 Å². The normalized spacial score (nSPS) is 11.1. The number of aromatic nitrogens is 2. The molecule has 2 heterocycles. The summed E-state index contributed by atoms with van der Waals surface area (Å²) in [6.45, 7) is 9.61. The average molecular weight is 386 g/mol. The fourth-order valence-electron chi connectivity index (χ4n) is 3.45. The monoisotopic (exact) mass is 386 g/mol. The second-order valence-electron chi connectivity index (χ2n) is 7.45. The summed E-state index contributed by atoms with van der Waals surface area (Å²) in [6, 6.07) is 13.6. The molecule has 0 N–H and O–H groups in total. The number of benzene rings is 2. The van der Waals surface area contributed by atoms with Gasteiger partial charge >= 0.3 is 6.01 Å². The summed E-state index contributed by atoms with van der Waals surface area (Å²) < 4.78 is 12.2. The standard InChI is InChI=1S/C24H22N2O3/c1-13-6-8-18(9-7-13)22-23(29-24-25-16(4)12-17(5)26-24)20(27)19-11-14(2)10-15(3)21(19)28-22/h6-12H,1-5H3. The third-order valence-corrected chi connectivity index (χ3v) is 4.75. The van der Waals surface area contributed by atoms with Gasteiger partial charge in [-0.3, -0.25) is 4.79 Å². The Kier molecular flexibility index (Phi) is 4.66. The largest absolute Gasteiger partial charge is 0.452 e. The van der Waals surface area contributed by atoms with E-state index in [9.17, 15) is 4.79 Å². The Morgan fingerprint density at radius 3 is 2.14 bits per heavy atom. The van der Waals surface area contributed by atoms with Gasteiger partial charge < -0.3 is 9.15 Å². The van der Waals surface area contributed by atoms with E-state index in [1.54, 1.807) is 0 Å². The molecule has 0 bridgehead atoms. The van der Waals surface area contributed by atoms with E-state index < -0.39 is 0 Å². The van der Waals surface area contributed by atoms with Crippen LogP contribution >= 0.6 is 0 Å². The first-order valence-electron chi connectivity index (χ1n) is 9.47. The van der Waals surface area contributed by atoms with Crippen molar-refractivity contribution >= 4 is 11.0 Å². The summed E-state index contributed by atoms with van der Waals surface area (Å²) in [5.74, 6) is 0.466. The summed E-state index contributed by atoms with van der Waals surface area (Å²) in [5.41, 5.74) is 5.61. The van der Waals surface area contributed by atoms with E-state index >= 15 is 0 Å². The first-order chi connectivity index (χ1) is 13.8. The van der Waals surface area contributed by atoms with Crippen LogP contribution in [0.4, 0.5) is 0 Å². The molecule has 0 aliphatic heterocycles. The lowest BCUT2D eigenvalue weighted by Gasteiger charge is -2.12. The van der Waals surface area contributed by atoms with Crippen molar-refractivity contribution in [2.24, 2.45) is 0 Å². The van der Waals surface area contributed by atoms with E-state index in [-0.39, 0.29) is 17.2 Å². The molecule has 5 nitrogen and oxygen atoms in total. The number of fused-ring (bicyclic) bond motifs is 1. The summed E-state index contributed by atoms with van der Waals surface area (Å²) in [4.78, 5) is 22.1. The van der Waals surface area contributed by atoms with Crippen molar-refractivity contribution in [3.63, 3.8) is 0 Å². The Morgan fingerprint density at radius 1 is 0.828 bits per heavy atom. The van der Waals surface area contributed by atoms with Crippen LogP contribution in [0.2, 0.25) is 0 Å². The fourth-order valence-corrected chi connectivity index (χ4v) is 3.45. The first kappa shape index (κ1) is 18.9. The molecule has 146 valence electrons. The van der Waals surface area contributed by atoms with Gasteiger partial charge in [-0.1, -0.05) is 35.9 Å². The summed E-state index contributed by atoms with van der Waals surface area (Å²) in [7, 11) is 0. The van der Waals surface area contributed by atoms with Crippen LogP contribution in [0.3, 0.4) is 0 Å². The van der Waals surface area contributed by atoms with Gasteiger partial charge in [0.15, 0.2) is 5.76 Å². The molecule has 4 rings (SSSR count). The van der Waals surface area contributed by atoms with E-state index in [1.807, 2.05) is 77.1 Å². The minimum Gasteiger partial charge on any atom is -0.452 e. The molecule has 0 atom stereocenters. The van der Waals surface area contributed by atoms with E-state index in [0.29, 0.717) is 16.7 Å². The maximum atomic E-state index is 13.4. The minimum absolute atomic E-state index is 0.0938. The van der Waals surface area contributed by atoms with Gasteiger partial charge in [0.2, 0.25) is 11.2 Å². The highest BCUT2D eigenvalue weighted by atomic mass is 16.5. The Labute approximate surface area is 169 Å². The van der Waals surface area contributed by atoms with Crippen molar-refractivity contribution in [1.29, 1.82) is 0 Å². The highest BCUT2D eigenvalue weighted by Gasteiger charge is 2.21. The second-order valence-corrected chi connectivity index (χ2v) is 7.45. The predicted molar refractivity (Wildman–Crippen MR) is 114 cm³/mol. The third-order valence-electron chi connectivity index (χ3n) is 4.75. The van der Waals surface area contributed by atoms with Crippen LogP contribution in [0.25, 0.3) is 22.3 Å². The maximum Gasteiger partial charge on any atom is 0.322 e. The summed E-state index contributed by atoms with van der Waals surface area (Å²) in [6.07, 6.45) is 0. The van der Waals surface area contributed by atoms with E-state index in [1.165, 1.54) is 0 Å². The van der Waals surface area contributed by atoms with E-state index in [0.717, 1.165) is 33.6 Å². The lowest BCUT2D eigenvalue weighted by molar-refractivity contribution is 0.421. The second kappa shape index (κ2) is 7.17. The van der Waals surface area contributed by atoms with Gasteiger partial charge in [0.1, 0.15) is 5.58 Å². The zero-order valence-electron chi connectivity index (χ0n) is 17.2. The van der Waals surface area contributed by atoms with Gasteiger partial charge in [-0.2, -0.15) is 0 Å². The van der Waals surface area contributed by atoms with Gasteiger partial charge in [-0.25, -0.2) is 9.97 Å². The Bertz CT molecular complexity index is 1270. The zero-order chi connectivity index (χ0) is 20.7. The molecule has 4 aromatic rings. The van der Waals surface area contributed by atoms with Gasteiger partial charge in [0, 0.05) is 17.0 Å². The molecular weight excluding hydrogens is 364 g/mol. The molecule has 0 saturated carbocycles. The van der Waals surface area contributed by atoms with Crippen molar-refractivity contribution in [3.8, 4) is 23.1 Å². The predicted octanol–water partition coefficient (Wildman–Crippen LogP) is 5.58. The SMILES string of the molecule is Cc1ccc(-c2oc3c(C)cc(C)cc3c(=O)c2Oc2nc(C)cc(C)n2)cc1. The molecule has 0 radical (unpaired) electrons. The number of rotatable bonds is 3. The van der Waals surface area contributed by atoms with Crippen molar-refractivity contribution in [2.45, 2.75) is 34.6 Å². The zero-order valence-corrected chi connectivity index (χ0v) is 17.2. The van der Waals surface area contributed by atoms with Crippen molar-refractivity contribution in [2.75, 3.05) is 0 Å². The quantitative estimate of drug-likeness (QED) is 0.459. The Hall–Kier alpha value is -3.47. The first-order valence-corrected chi connectivity index (χ1v) is 9.47. The smallest absolute Gasteiger partial charge is 0.322 e. The molecule has 0 unspecified atom stereocenters. The molecule has 5 heteroatoms. The van der Waals surface area contributed by atoms with E-state index in [2.05, 4.69) is 9.97 Å². The van der Waals surface area contributed by atoms with Crippen LogP contribution in [0.1, 0.15) is 28.1 Å². The molecule has 0 amide bonds. The average Bonchev–Trinajstić information content (AvgIpc) is 2.64. The lowest BCUT2D eigenvalue weighted by atomic mass is 10.0. The minimum atomic E-state index is -0.239. The van der Waals surface area contributed by atoms with Crippen LogP contribution in [-0.4, -0.2) is 9.97 Å². The molecule has 0 fully saturated rings. The summed E-state index contributed by atoms with van der Waals surface area (Å²) >= 11 is 0. The van der Waals surface area contributed by atoms with Gasteiger partial charge in [-0.05, 0) is 57.9 Å². The molecule has 29 heavy (non-hydrogen) atoms. The molecule has 0 spiro atoms. The Balaban J connectivity index is 2.01. The molecule has 0 aliphatic rings. The van der Waals surface area contributed by atoms with Gasteiger partial charge in [0.25, 0.3) is 0 Å². The number of nitrogens with zero attached hydrogens (tertiary/aromatic N) is 2. The number of aryl methyl sites for hydroxylation is 5. The lowest BCUT2D eigenvalue weighted by Crippen LogP contribution is -2.10. The van der Waals surface area contributed by atoms with Crippen LogP contribution < -0.4 is 10.2 Å². The third kappa shape index (κ3) is 3.63. The topological polar surface area (TPSA) is 65.2 Å². The molecule has 2 aromatic heterocycles. The van der Waals surface area contributed by atoms with Crippen molar-refractivity contribution in [1.82, 2.24) is 9.97 Å². The molecule has 0 saturated heterocycles. The van der Waals surface area contributed by atoms with E-state index in [4.69, 9.17) is 9.15 Å². The molecular formula is C24H22N2O3. The van der Waals surface area contributed by atoms with Gasteiger partial charge in [-0.15, -0.1) is 0 Å². The maximum absolute atomic E-state index is 13.4. The van der Waals surface area contributed by atoms with Crippen LogP contribution in [0.5, 0.6) is 11.8 Å². The van der Waals surface area contributed by atoms with Crippen LogP contribution in [0.15, 0.2) is 51.7 Å². The summed E-state index contributed by atoms with van der Waals surface area (Å²) in [5, 5.41) is 0.484. The van der Waals surface area contributed by atoms with Gasteiger partial charge in [0.05, 0.1) is 5.39 Å². The molecule has 2 aromatic carbocycles. The number of hydrogen-bond donors (Lipinski definition) is 0. The van der Waals surface area contributed by atoms with Crippen molar-refractivity contribution in [3.05, 3.63) is 80.8 Å². The van der Waals surface area contributed by atoms with Crippen LogP contribution in [0, 0.1) is 34.6 Å². The molecule has 0 aliphatic carbocycles.